The SMILES string of the molecule is COc1ccc(OC)c([C@H]2CCCN2C(=O)COc2ccc(F)c(Cl)c2)c1. The van der Waals surface area contributed by atoms with Crippen LogP contribution >= 0.6 is 11.6 Å². The highest BCUT2D eigenvalue weighted by atomic mass is 35.5. The Bertz CT molecular complexity index is 830. The number of ether oxygens (including phenoxy) is 3. The molecule has 1 aliphatic heterocycles. The van der Waals surface area contributed by atoms with Crippen molar-refractivity contribution in [3.05, 3.63) is 52.8 Å². The second-order valence-corrected chi connectivity index (χ2v) is 6.62. The van der Waals surface area contributed by atoms with Crippen molar-refractivity contribution in [2.75, 3.05) is 27.4 Å². The van der Waals surface area contributed by atoms with Gasteiger partial charge in [0.1, 0.15) is 23.1 Å². The lowest BCUT2D eigenvalue weighted by Gasteiger charge is -2.26. The summed E-state index contributed by atoms with van der Waals surface area (Å²) in [5.41, 5.74) is 0.910. The van der Waals surface area contributed by atoms with Gasteiger partial charge in [-0.2, -0.15) is 0 Å². The van der Waals surface area contributed by atoms with Crippen LogP contribution in [0.2, 0.25) is 5.02 Å². The van der Waals surface area contributed by atoms with Crippen molar-refractivity contribution >= 4 is 17.5 Å². The average molecular weight is 394 g/mol. The van der Waals surface area contributed by atoms with E-state index in [-0.39, 0.29) is 23.6 Å². The van der Waals surface area contributed by atoms with Gasteiger partial charge in [0, 0.05) is 18.2 Å². The molecule has 5 nitrogen and oxygen atoms in total. The second kappa shape index (κ2) is 8.48. The average Bonchev–Trinajstić information content (AvgIpc) is 3.17. The molecule has 0 spiro atoms. The monoisotopic (exact) mass is 393 g/mol. The van der Waals surface area contributed by atoms with Gasteiger partial charge in [0.2, 0.25) is 0 Å². The Morgan fingerprint density at radius 3 is 2.67 bits per heavy atom. The molecule has 1 atom stereocenters. The van der Waals surface area contributed by atoms with Crippen LogP contribution < -0.4 is 14.2 Å². The normalized spacial score (nSPS) is 16.3. The zero-order valence-corrected chi connectivity index (χ0v) is 16.0. The molecule has 2 aromatic carbocycles. The Balaban J connectivity index is 1.74. The maximum atomic E-state index is 13.2. The predicted molar refractivity (Wildman–Crippen MR) is 100 cm³/mol. The van der Waals surface area contributed by atoms with Gasteiger partial charge >= 0.3 is 0 Å². The third-order valence-corrected chi connectivity index (χ3v) is 4.91. The smallest absolute Gasteiger partial charge is 0.261 e. The van der Waals surface area contributed by atoms with E-state index in [4.69, 9.17) is 25.8 Å². The first-order valence-electron chi connectivity index (χ1n) is 8.62. The van der Waals surface area contributed by atoms with Crippen molar-refractivity contribution in [1.29, 1.82) is 0 Å². The van der Waals surface area contributed by atoms with E-state index in [1.54, 1.807) is 19.1 Å². The van der Waals surface area contributed by atoms with Gasteiger partial charge in [-0.25, -0.2) is 4.39 Å². The van der Waals surface area contributed by atoms with Crippen molar-refractivity contribution in [1.82, 2.24) is 4.90 Å². The number of methoxy groups -OCH3 is 2. The second-order valence-electron chi connectivity index (χ2n) is 6.22. The van der Waals surface area contributed by atoms with E-state index in [1.165, 1.54) is 18.2 Å². The standard InChI is InChI=1S/C20H21ClFNO4/c1-25-13-6-8-19(26-2)15(10-13)18-4-3-9-23(18)20(24)12-27-14-5-7-17(22)16(21)11-14/h5-8,10-11,18H,3-4,9,12H2,1-2H3/t18-/m1/s1. The zero-order valence-electron chi connectivity index (χ0n) is 15.2. The minimum Gasteiger partial charge on any atom is -0.497 e. The summed E-state index contributed by atoms with van der Waals surface area (Å²) in [6.45, 7) is 0.488. The van der Waals surface area contributed by atoms with E-state index in [1.807, 2.05) is 18.2 Å². The summed E-state index contributed by atoms with van der Waals surface area (Å²) in [6, 6.07) is 9.47. The van der Waals surface area contributed by atoms with Crippen LogP contribution in [0.4, 0.5) is 4.39 Å². The Hall–Kier alpha value is -2.47. The van der Waals surface area contributed by atoms with E-state index in [9.17, 15) is 9.18 Å². The third kappa shape index (κ3) is 4.27. The molecule has 27 heavy (non-hydrogen) atoms. The molecule has 1 heterocycles. The zero-order chi connectivity index (χ0) is 19.4. The largest absolute Gasteiger partial charge is 0.497 e. The molecule has 144 valence electrons. The topological polar surface area (TPSA) is 48.0 Å². The van der Waals surface area contributed by atoms with Gasteiger partial charge in [-0.15, -0.1) is 0 Å². The molecule has 7 heteroatoms. The lowest BCUT2D eigenvalue weighted by molar-refractivity contribution is -0.134. The van der Waals surface area contributed by atoms with Gasteiger partial charge in [0.25, 0.3) is 5.91 Å². The third-order valence-electron chi connectivity index (χ3n) is 4.62. The van der Waals surface area contributed by atoms with Gasteiger partial charge in [0.15, 0.2) is 6.61 Å². The first-order chi connectivity index (χ1) is 13.0. The number of halogens is 2. The number of hydrogen-bond donors (Lipinski definition) is 0. The van der Waals surface area contributed by atoms with Crippen molar-refractivity contribution in [2.45, 2.75) is 18.9 Å². The molecular formula is C20H21ClFNO4. The molecule has 1 fully saturated rings. The Labute approximate surface area is 162 Å². The van der Waals surface area contributed by atoms with Crippen molar-refractivity contribution < 1.29 is 23.4 Å². The molecule has 3 rings (SSSR count). The number of amides is 1. The van der Waals surface area contributed by atoms with Gasteiger partial charge in [-0.3, -0.25) is 4.79 Å². The van der Waals surface area contributed by atoms with Gasteiger partial charge in [-0.05, 0) is 43.2 Å². The highest BCUT2D eigenvalue weighted by Crippen LogP contribution is 2.39. The Kier molecular flexibility index (Phi) is 6.06. The molecule has 0 aromatic heterocycles. The lowest BCUT2D eigenvalue weighted by atomic mass is 10.0. The number of benzene rings is 2. The highest BCUT2D eigenvalue weighted by molar-refractivity contribution is 6.30. The maximum Gasteiger partial charge on any atom is 0.261 e. The van der Waals surface area contributed by atoms with E-state index < -0.39 is 5.82 Å². The first-order valence-corrected chi connectivity index (χ1v) is 9.00. The van der Waals surface area contributed by atoms with Crippen LogP contribution in [0.5, 0.6) is 17.2 Å². The van der Waals surface area contributed by atoms with Crippen LogP contribution in [0.3, 0.4) is 0 Å². The van der Waals surface area contributed by atoms with Crippen LogP contribution in [0.15, 0.2) is 36.4 Å². The molecule has 2 aromatic rings. The van der Waals surface area contributed by atoms with E-state index in [0.29, 0.717) is 23.8 Å². The first kappa shape index (κ1) is 19.3. The summed E-state index contributed by atoms with van der Waals surface area (Å²) in [4.78, 5) is 14.5. The summed E-state index contributed by atoms with van der Waals surface area (Å²) < 4.78 is 29.5. The van der Waals surface area contributed by atoms with Crippen LogP contribution in [0.1, 0.15) is 24.4 Å². The molecule has 0 saturated carbocycles. The number of carbonyl (C=O) groups excluding carboxylic acids is 1. The molecule has 0 aliphatic carbocycles. The van der Waals surface area contributed by atoms with Crippen LogP contribution in [0.25, 0.3) is 0 Å². The lowest BCUT2D eigenvalue weighted by Crippen LogP contribution is -2.34. The van der Waals surface area contributed by atoms with Crippen molar-refractivity contribution in [3.8, 4) is 17.2 Å². The van der Waals surface area contributed by atoms with E-state index in [0.717, 1.165) is 18.4 Å². The number of rotatable bonds is 6. The van der Waals surface area contributed by atoms with E-state index in [2.05, 4.69) is 0 Å². The van der Waals surface area contributed by atoms with Crippen LogP contribution in [-0.2, 0) is 4.79 Å². The summed E-state index contributed by atoms with van der Waals surface area (Å²) in [5.74, 6) is 1.10. The quantitative estimate of drug-likeness (QED) is 0.736. The van der Waals surface area contributed by atoms with E-state index >= 15 is 0 Å². The number of carbonyl (C=O) groups is 1. The Morgan fingerprint density at radius 2 is 1.96 bits per heavy atom. The molecule has 1 amide bonds. The number of hydrogen-bond acceptors (Lipinski definition) is 4. The molecule has 0 bridgehead atoms. The Morgan fingerprint density at radius 1 is 1.19 bits per heavy atom. The minimum atomic E-state index is -0.528. The van der Waals surface area contributed by atoms with Crippen molar-refractivity contribution in [3.63, 3.8) is 0 Å². The molecular weight excluding hydrogens is 373 g/mol. The predicted octanol–water partition coefficient (Wildman–Crippen LogP) is 4.24. The summed E-state index contributed by atoms with van der Waals surface area (Å²) in [6.07, 6.45) is 1.72. The highest BCUT2D eigenvalue weighted by Gasteiger charge is 2.32. The summed E-state index contributed by atoms with van der Waals surface area (Å²) in [5, 5.41) is -0.0416. The number of nitrogens with zero attached hydrogens (tertiary/aromatic N) is 1. The van der Waals surface area contributed by atoms with Gasteiger partial charge in [0.05, 0.1) is 25.3 Å². The fourth-order valence-corrected chi connectivity index (χ4v) is 3.45. The van der Waals surface area contributed by atoms with Crippen LogP contribution in [0, 0.1) is 5.82 Å². The molecule has 0 N–H and O–H groups in total. The van der Waals surface area contributed by atoms with Crippen molar-refractivity contribution in [2.24, 2.45) is 0 Å². The molecule has 1 saturated heterocycles. The fraction of sp³-hybridized carbons (Fsp3) is 0.350. The fourth-order valence-electron chi connectivity index (χ4n) is 3.28. The summed E-state index contributed by atoms with van der Waals surface area (Å²) in [7, 11) is 3.21. The maximum absolute atomic E-state index is 13.2. The van der Waals surface area contributed by atoms with Crippen LogP contribution in [-0.4, -0.2) is 38.2 Å². The molecule has 0 unspecified atom stereocenters. The molecule has 1 aliphatic rings. The van der Waals surface area contributed by atoms with Gasteiger partial charge in [-0.1, -0.05) is 11.6 Å². The summed E-state index contributed by atoms with van der Waals surface area (Å²) >= 11 is 5.75. The molecule has 0 radical (unpaired) electrons. The van der Waals surface area contributed by atoms with Gasteiger partial charge < -0.3 is 19.1 Å². The number of likely N-dealkylation sites (tertiary alicyclic amines) is 1. The minimum absolute atomic E-state index is 0.0416.